The first kappa shape index (κ1) is 8.05. The van der Waals surface area contributed by atoms with E-state index in [0.29, 0.717) is 6.10 Å². The van der Waals surface area contributed by atoms with Gasteiger partial charge in [0.1, 0.15) is 5.75 Å². The van der Waals surface area contributed by atoms with Crippen LogP contribution >= 0.6 is 15.9 Å². The van der Waals surface area contributed by atoms with Gasteiger partial charge >= 0.3 is 0 Å². The first-order chi connectivity index (χ1) is 5.77. The second-order valence-corrected chi connectivity index (χ2v) is 3.94. The van der Waals surface area contributed by atoms with Crippen molar-refractivity contribution in [3.05, 3.63) is 22.4 Å². The second-order valence-electron chi connectivity index (χ2n) is 3.08. The largest absolute Gasteiger partial charge is 0.489 e. The van der Waals surface area contributed by atoms with Crippen molar-refractivity contribution in [2.45, 2.75) is 25.9 Å². The molecule has 0 saturated heterocycles. The van der Waals surface area contributed by atoms with Crippen molar-refractivity contribution < 1.29 is 4.74 Å². The van der Waals surface area contributed by atoms with Gasteiger partial charge in [0, 0.05) is 18.0 Å². The van der Waals surface area contributed by atoms with Crippen LogP contribution < -0.4 is 4.74 Å². The molecule has 0 N–H and O–H groups in total. The van der Waals surface area contributed by atoms with Gasteiger partial charge in [-0.25, -0.2) is 0 Å². The maximum atomic E-state index is 5.70. The molecule has 2 nitrogen and oxygen atoms in total. The van der Waals surface area contributed by atoms with Gasteiger partial charge in [-0.05, 0) is 35.7 Å². The summed E-state index contributed by atoms with van der Waals surface area (Å²) in [5.74, 6) is 0.951. The molecule has 1 aliphatic rings. The van der Waals surface area contributed by atoms with Crippen LogP contribution in [-0.4, -0.2) is 11.1 Å². The number of hydrogen-bond donors (Lipinski definition) is 0. The van der Waals surface area contributed by atoms with E-state index in [1.54, 1.807) is 6.20 Å². The molecule has 0 aliphatic heterocycles. The Morgan fingerprint density at radius 2 is 2.25 bits per heavy atom. The van der Waals surface area contributed by atoms with E-state index in [1.807, 2.05) is 13.1 Å². The molecule has 1 fully saturated rings. The van der Waals surface area contributed by atoms with Gasteiger partial charge in [0.2, 0.25) is 0 Å². The highest BCUT2D eigenvalue weighted by Gasteiger charge is 2.24. The summed E-state index contributed by atoms with van der Waals surface area (Å²) in [5, 5.41) is 0. The Labute approximate surface area is 80.1 Å². The Balaban J connectivity index is 2.26. The van der Waals surface area contributed by atoms with Crippen molar-refractivity contribution in [3.8, 4) is 5.75 Å². The molecule has 0 spiro atoms. The fraction of sp³-hybridized carbons (Fsp3) is 0.444. The molecule has 1 aromatic heterocycles. The Kier molecular flexibility index (Phi) is 2.05. The van der Waals surface area contributed by atoms with Crippen LogP contribution in [0.5, 0.6) is 5.75 Å². The first-order valence-electron chi connectivity index (χ1n) is 4.04. The van der Waals surface area contributed by atoms with Crippen LogP contribution in [-0.2, 0) is 0 Å². The Morgan fingerprint density at radius 1 is 1.50 bits per heavy atom. The molecule has 2 rings (SSSR count). The maximum Gasteiger partial charge on any atom is 0.139 e. The molecule has 64 valence electrons. The van der Waals surface area contributed by atoms with Gasteiger partial charge in [-0.2, -0.15) is 0 Å². The van der Waals surface area contributed by atoms with Crippen LogP contribution in [0, 0.1) is 6.92 Å². The molecular formula is C9H10BrNO. The highest BCUT2D eigenvalue weighted by molar-refractivity contribution is 9.10. The predicted molar refractivity (Wildman–Crippen MR) is 50.3 cm³/mol. The molecule has 0 radical (unpaired) electrons. The number of aryl methyl sites for hydroxylation is 1. The molecule has 1 aromatic rings. The monoisotopic (exact) mass is 227 g/mol. The van der Waals surface area contributed by atoms with Gasteiger partial charge in [0.15, 0.2) is 0 Å². The summed E-state index contributed by atoms with van der Waals surface area (Å²) in [5.41, 5.74) is 1.09. The third-order valence-electron chi connectivity index (χ3n) is 1.84. The number of pyridine rings is 1. The standard InChI is InChI=1S/C9H10BrNO/c1-6-4-11-5-8(10)9(6)12-7-2-3-7/h4-5,7H,2-3H2,1H3. The fourth-order valence-electron chi connectivity index (χ4n) is 1.02. The third kappa shape index (κ3) is 1.61. The summed E-state index contributed by atoms with van der Waals surface area (Å²) >= 11 is 3.42. The predicted octanol–water partition coefficient (Wildman–Crippen LogP) is 2.69. The third-order valence-corrected chi connectivity index (χ3v) is 2.40. The number of ether oxygens (including phenoxy) is 1. The number of halogens is 1. The minimum absolute atomic E-state index is 0.447. The van der Waals surface area contributed by atoms with E-state index < -0.39 is 0 Å². The number of rotatable bonds is 2. The van der Waals surface area contributed by atoms with Crippen molar-refractivity contribution in [3.63, 3.8) is 0 Å². The highest BCUT2D eigenvalue weighted by atomic mass is 79.9. The quantitative estimate of drug-likeness (QED) is 0.776. The van der Waals surface area contributed by atoms with E-state index in [4.69, 9.17) is 4.74 Å². The molecule has 0 amide bonds. The van der Waals surface area contributed by atoms with E-state index in [9.17, 15) is 0 Å². The normalized spacial score (nSPS) is 16.2. The topological polar surface area (TPSA) is 22.1 Å². The van der Waals surface area contributed by atoms with Crippen LogP contribution in [0.3, 0.4) is 0 Å². The Bertz CT molecular complexity index is 276. The van der Waals surface area contributed by atoms with E-state index >= 15 is 0 Å². The van der Waals surface area contributed by atoms with Gasteiger partial charge in [0.25, 0.3) is 0 Å². The van der Waals surface area contributed by atoms with Gasteiger partial charge in [-0.1, -0.05) is 0 Å². The Morgan fingerprint density at radius 3 is 2.83 bits per heavy atom. The second kappa shape index (κ2) is 3.05. The minimum atomic E-state index is 0.447. The van der Waals surface area contributed by atoms with Gasteiger partial charge in [-0.3, -0.25) is 4.98 Å². The molecule has 3 heteroatoms. The average Bonchev–Trinajstić information content (AvgIpc) is 2.80. The van der Waals surface area contributed by atoms with Crippen molar-refractivity contribution >= 4 is 15.9 Å². The van der Waals surface area contributed by atoms with Crippen molar-refractivity contribution in [2.24, 2.45) is 0 Å². The highest BCUT2D eigenvalue weighted by Crippen LogP contribution is 2.33. The molecule has 0 unspecified atom stereocenters. The lowest BCUT2D eigenvalue weighted by molar-refractivity contribution is 0.298. The van der Waals surface area contributed by atoms with Crippen LogP contribution in [0.4, 0.5) is 0 Å². The summed E-state index contributed by atoms with van der Waals surface area (Å²) in [6.45, 7) is 2.01. The lowest BCUT2D eigenvalue weighted by atomic mass is 10.3. The molecule has 1 saturated carbocycles. The Hall–Kier alpha value is -0.570. The molecule has 0 atom stereocenters. The van der Waals surface area contributed by atoms with Crippen molar-refractivity contribution in [2.75, 3.05) is 0 Å². The van der Waals surface area contributed by atoms with Crippen LogP contribution in [0.15, 0.2) is 16.9 Å². The maximum absolute atomic E-state index is 5.70. The van der Waals surface area contributed by atoms with Crippen molar-refractivity contribution in [1.82, 2.24) is 4.98 Å². The molecule has 1 heterocycles. The summed E-state index contributed by atoms with van der Waals surface area (Å²) in [6.07, 6.45) is 6.41. The van der Waals surface area contributed by atoms with E-state index in [-0.39, 0.29) is 0 Å². The average molecular weight is 228 g/mol. The molecule has 0 aromatic carbocycles. The van der Waals surface area contributed by atoms with E-state index in [1.165, 1.54) is 12.8 Å². The smallest absolute Gasteiger partial charge is 0.139 e. The SMILES string of the molecule is Cc1cncc(Br)c1OC1CC1. The summed E-state index contributed by atoms with van der Waals surface area (Å²) < 4.78 is 6.65. The first-order valence-corrected chi connectivity index (χ1v) is 4.83. The fourth-order valence-corrected chi connectivity index (χ4v) is 1.55. The zero-order valence-corrected chi connectivity index (χ0v) is 8.47. The minimum Gasteiger partial charge on any atom is -0.489 e. The zero-order chi connectivity index (χ0) is 8.55. The van der Waals surface area contributed by atoms with Gasteiger partial charge in [0.05, 0.1) is 10.6 Å². The zero-order valence-electron chi connectivity index (χ0n) is 6.88. The summed E-state index contributed by atoms with van der Waals surface area (Å²) in [7, 11) is 0. The van der Waals surface area contributed by atoms with E-state index in [0.717, 1.165) is 15.8 Å². The lowest BCUT2D eigenvalue weighted by Crippen LogP contribution is -1.99. The molecule has 12 heavy (non-hydrogen) atoms. The van der Waals surface area contributed by atoms with Crippen LogP contribution in [0.1, 0.15) is 18.4 Å². The van der Waals surface area contributed by atoms with Gasteiger partial charge < -0.3 is 4.74 Å². The van der Waals surface area contributed by atoms with Gasteiger partial charge in [-0.15, -0.1) is 0 Å². The summed E-state index contributed by atoms with van der Waals surface area (Å²) in [4.78, 5) is 4.05. The van der Waals surface area contributed by atoms with Crippen LogP contribution in [0.2, 0.25) is 0 Å². The summed E-state index contributed by atoms with van der Waals surface area (Å²) in [6, 6.07) is 0. The molecule has 1 aliphatic carbocycles. The molecule has 0 bridgehead atoms. The van der Waals surface area contributed by atoms with Crippen LogP contribution in [0.25, 0.3) is 0 Å². The number of aromatic nitrogens is 1. The number of hydrogen-bond acceptors (Lipinski definition) is 2. The van der Waals surface area contributed by atoms with E-state index in [2.05, 4.69) is 20.9 Å². The molecular weight excluding hydrogens is 218 g/mol. The van der Waals surface area contributed by atoms with Crippen molar-refractivity contribution in [1.29, 1.82) is 0 Å². The lowest BCUT2D eigenvalue weighted by Gasteiger charge is -2.08. The number of nitrogens with zero attached hydrogens (tertiary/aromatic N) is 1.